The Hall–Kier alpha value is -2.78. The fourth-order valence-electron chi connectivity index (χ4n) is 3.15. The van der Waals surface area contributed by atoms with Gasteiger partial charge < -0.3 is 28.4 Å². The lowest BCUT2D eigenvalue weighted by atomic mass is 10.2. The second-order valence-corrected chi connectivity index (χ2v) is 9.39. The van der Waals surface area contributed by atoms with Gasteiger partial charge in [-0.2, -0.15) is 0 Å². The van der Waals surface area contributed by atoms with Crippen molar-refractivity contribution in [3.63, 3.8) is 0 Å². The molecule has 4 unspecified atom stereocenters. The molecule has 238 valence electrons. The van der Waals surface area contributed by atoms with Crippen LogP contribution in [0.3, 0.4) is 0 Å². The molecule has 0 aromatic carbocycles. The van der Waals surface area contributed by atoms with Crippen molar-refractivity contribution < 1.29 is 38.0 Å². The van der Waals surface area contributed by atoms with E-state index in [9.17, 15) is 9.59 Å². The van der Waals surface area contributed by atoms with E-state index in [-0.39, 0.29) is 26.2 Å². The van der Waals surface area contributed by atoms with E-state index in [2.05, 4.69) is 39.0 Å². The maximum Gasteiger partial charge on any atom is 0.338 e. The molecule has 42 heavy (non-hydrogen) atoms. The molecular weight excluding hydrogens is 536 g/mol. The smallest absolute Gasteiger partial charge is 0.338 e. The molecule has 0 heterocycles. The average Bonchev–Trinajstić information content (AvgIpc) is 2.95. The molecule has 0 rings (SSSR count). The number of carbonyl (C=O) groups excluding carboxylic acids is 2. The van der Waals surface area contributed by atoms with Crippen LogP contribution in [0.1, 0.15) is 86.5 Å². The van der Waals surface area contributed by atoms with Crippen LogP contribution in [0.15, 0.2) is 72.9 Å². The van der Waals surface area contributed by atoms with Gasteiger partial charge in [0.1, 0.15) is 0 Å². The van der Waals surface area contributed by atoms with Gasteiger partial charge in [0.2, 0.25) is 6.29 Å². The molecule has 0 aliphatic heterocycles. The largest absolute Gasteiger partial charge is 0.436 e. The van der Waals surface area contributed by atoms with E-state index in [0.717, 1.165) is 38.5 Å². The highest BCUT2D eigenvalue weighted by Gasteiger charge is 2.29. The second kappa shape index (κ2) is 28.3. The zero-order valence-electron chi connectivity index (χ0n) is 26.6. The van der Waals surface area contributed by atoms with Crippen molar-refractivity contribution >= 4 is 11.9 Å². The fourth-order valence-corrected chi connectivity index (χ4v) is 3.15. The first-order valence-electron chi connectivity index (χ1n) is 15.2. The number of allylic oxidation sites excluding steroid dienone is 9. The summed E-state index contributed by atoms with van der Waals surface area (Å²) >= 11 is 0. The third-order valence-electron chi connectivity index (χ3n) is 5.35. The number of ether oxygens (including phenoxy) is 6. The molecule has 8 heteroatoms. The Morgan fingerprint density at radius 1 is 0.548 bits per heavy atom. The highest BCUT2D eigenvalue weighted by molar-refractivity contribution is 5.82. The van der Waals surface area contributed by atoms with Crippen molar-refractivity contribution in [1.82, 2.24) is 0 Å². The molecule has 0 aromatic rings. The van der Waals surface area contributed by atoms with Gasteiger partial charge in [-0.1, -0.05) is 113 Å². The van der Waals surface area contributed by atoms with Crippen LogP contribution >= 0.6 is 0 Å². The van der Waals surface area contributed by atoms with E-state index >= 15 is 0 Å². The number of carbonyl (C=O) groups is 2. The quantitative estimate of drug-likeness (QED) is 0.0608. The van der Waals surface area contributed by atoms with Crippen molar-refractivity contribution in [2.75, 3.05) is 19.8 Å². The Bertz CT molecular complexity index is 856. The molecule has 0 bridgehead atoms. The average molecular weight is 591 g/mol. The van der Waals surface area contributed by atoms with Gasteiger partial charge in [0.25, 0.3) is 0 Å². The Kier molecular flexibility index (Phi) is 26.5. The molecule has 0 aromatic heterocycles. The standard InChI is InChI=1S/C34H54O8/c1-7-10-13-16-19-22-25-37-29(4)40-32(34(36)42-31(6)39-27-24-21-18-15-12-9-3)28-33(35)41-30(5)38-26-23-20-17-14-11-8-2/h13-24,29-32H,7-12,25-28H2,1-6H3. The van der Waals surface area contributed by atoms with Crippen LogP contribution in [-0.4, -0.2) is 56.7 Å². The van der Waals surface area contributed by atoms with Gasteiger partial charge in [-0.05, 0) is 40.0 Å². The molecular formula is C34H54O8. The fraction of sp³-hybridized carbons (Fsp3) is 0.588. The van der Waals surface area contributed by atoms with Crippen molar-refractivity contribution in [1.29, 1.82) is 0 Å². The molecule has 0 saturated heterocycles. The van der Waals surface area contributed by atoms with Crippen LogP contribution in [0.5, 0.6) is 0 Å². The first-order valence-corrected chi connectivity index (χ1v) is 15.2. The van der Waals surface area contributed by atoms with Crippen molar-refractivity contribution in [2.45, 2.75) is 111 Å². The molecule has 0 fully saturated rings. The summed E-state index contributed by atoms with van der Waals surface area (Å²) in [6, 6.07) is 0. The third kappa shape index (κ3) is 25.0. The van der Waals surface area contributed by atoms with Crippen molar-refractivity contribution in [3.05, 3.63) is 72.9 Å². The van der Waals surface area contributed by atoms with E-state index in [4.69, 9.17) is 28.4 Å². The molecule has 0 saturated carbocycles. The van der Waals surface area contributed by atoms with Gasteiger partial charge in [-0.25, -0.2) is 4.79 Å². The minimum Gasteiger partial charge on any atom is -0.436 e. The SMILES string of the molecule is CCCC=CC=CCOC(C)OC(=O)CC(OC(C)OCC=CC=CCCC)C(=O)OC(C)OCC=CC=CCCC. The minimum absolute atomic E-state index is 0.259. The number of unbranched alkanes of at least 4 members (excludes halogenated alkanes) is 3. The highest BCUT2D eigenvalue weighted by Crippen LogP contribution is 2.12. The van der Waals surface area contributed by atoms with E-state index in [1.54, 1.807) is 20.8 Å². The Morgan fingerprint density at radius 3 is 1.36 bits per heavy atom. The predicted octanol–water partition coefficient (Wildman–Crippen LogP) is 7.67. The third-order valence-corrected chi connectivity index (χ3v) is 5.35. The van der Waals surface area contributed by atoms with Crippen LogP contribution in [0.4, 0.5) is 0 Å². The lowest BCUT2D eigenvalue weighted by Crippen LogP contribution is -2.36. The summed E-state index contributed by atoms with van der Waals surface area (Å²) in [6.07, 6.45) is 25.4. The molecule has 0 N–H and O–H groups in total. The predicted molar refractivity (Wildman–Crippen MR) is 167 cm³/mol. The normalized spacial score (nSPS) is 15.5. The summed E-state index contributed by atoms with van der Waals surface area (Å²) in [4.78, 5) is 25.5. The Morgan fingerprint density at radius 2 is 0.929 bits per heavy atom. The number of esters is 2. The first kappa shape index (κ1) is 39.2. The van der Waals surface area contributed by atoms with Gasteiger partial charge in [-0.3, -0.25) is 4.79 Å². The van der Waals surface area contributed by atoms with Crippen LogP contribution in [0, 0.1) is 0 Å². The Balaban J connectivity index is 4.97. The van der Waals surface area contributed by atoms with E-state index in [1.807, 2.05) is 54.7 Å². The zero-order chi connectivity index (χ0) is 31.3. The molecule has 4 atom stereocenters. The van der Waals surface area contributed by atoms with E-state index in [0.29, 0.717) is 0 Å². The maximum atomic E-state index is 12.9. The molecule has 0 radical (unpaired) electrons. The number of rotatable bonds is 25. The van der Waals surface area contributed by atoms with Crippen molar-refractivity contribution in [3.8, 4) is 0 Å². The topological polar surface area (TPSA) is 89.5 Å². The first-order chi connectivity index (χ1) is 20.3. The Labute approximate surface area is 254 Å². The number of hydrogen-bond acceptors (Lipinski definition) is 8. The van der Waals surface area contributed by atoms with Crippen LogP contribution < -0.4 is 0 Å². The molecule has 0 amide bonds. The summed E-state index contributed by atoms with van der Waals surface area (Å²) < 4.78 is 33.1. The lowest BCUT2D eigenvalue weighted by Gasteiger charge is -2.23. The summed E-state index contributed by atoms with van der Waals surface area (Å²) in [5, 5.41) is 0. The van der Waals surface area contributed by atoms with E-state index in [1.165, 1.54) is 0 Å². The van der Waals surface area contributed by atoms with Crippen LogP contribution in [0.25, 0.3) is 0 Å². The molecule has 8 nitrogen and oxygen atoms in total. The van der Waals surface area contributed by atoms with Crippen LogP contribution in [0.2, 0.25) is 0 Å². The van der Waals surface area contributed by atoms with Crippen molar-refractivity contribution in [2.24, 2.45) is 0 Å². The maximum absolute atomic E-state index is 12.9. The van der Waals surface area contributed by atoms with Gasteiger partial charge in [0, 0.05) is 0 Å². The minimum atomic E-state index is -1.25. The summed E-state index contributed by atoms with van der Waals surface area (Å²) in [5.74, 6) is -1.42. The lowest BCUT2D eigenvalue weighted by molar-refractivity contribution is -0.210. The summed E-state index contributed by atoms with van der Waals surface area (Å²) in [6.45, 7) is 12.0. The zero-order valence-corrected chi connectivity index (χ0v) is 26.6. The van der Waals surface area contributed by atoms with Gasteiger partial charge in [-0.15, -0.1) is 0 Å². The molecule has 0 aliphatic carbocycles. The van der Waals surface area contributed by atoms with Gasteiger partial charge in [0.15, 0.2) is 18.7 Å². The highest BCUT2D eigenvalue weighted by atomic mass is 16.7. The molecule has 0 aliphatic rings. The number of hydrogen-bond donors (Lipinski definition) is 0. The summed E-state index contributed by atoms with van der Waals surface area (Å²) in [5.41, 5.74) is 0. The molecule has 0 spiro atoms. The monoisotopic (exact) mass is 590 g/mol. The second-order valence-electron chi connectivity index (χ2n) is 9.39. The summed E-state index contributed by atoms with van der Waals surface area (Å²) in [7, 11) is 0. The van der Waals surface area contributed by atoms with Gasteiger partial charge in [0.05, 0.1) is 26.2 Å². The van der Waals surface area contributed by atoms with E-state index < -0.39 is 36.9 Å². The van der Waals surface area contributed by atoms with Crippen LogP contribution in [-0.2, 0) is 38.0 Å². The van der Waals surface area contributed by atoms with Gasteiger partial charge >= 0.3 is 11.9 Å².